The number of aromatic hydroxyl groups is 2. The van der Waals surface area contributed by atoms with Crippen molar-refractivity contribution in [1.82, 2.24) is 25.8 Å². The highest BCUT2D eigenvalue weighted by Crippen LogP contribution is 2.24. The van der Waals surface area contributed by atoms with E-state index in [9.17, 15) is 42.6 Å². The van der Waals surface area contributed by atoms with Gasteiger partial charge in [-0.1, -0.05) is 4.48 Å². The number of imide groups is 3. The van der Waals surface area contributed by atoms with Crippen LogP contribution in [0.1, 0.15) is 10.4 Å². The van der Waals surface area contributed by atoms with Crippen LogP contribution in [0.15, 0.2) is 18.2 Å². The van der Waals surface area contributed by atoms with Gasteiger partial charge >= 0.3 is 34.2 Å². The third-order valence-electron chi connectivity index (χ3n) is 3.93. The zero-order valence-corrected chi connectivity index (χ0v) is 16.1. The van der Waals surface area contributed by atoms with Crippen LogP contribution in [0.3, 0.4) is 0 Å². The van der Waals surface area contributed by atoms with Gasteiger partial charge in [-0.25, -0.2) is 24.6 Å². The number of phenolic OH excluding ortho intramolecular Hbond substituents is 2. The van der Waals surface area contributed by atoms with Crippen LogP contribution in [0.25, 0.3) is 0 Å². The lowest BCUT2D eigenvalue weighted by Gasteiger charge is -2.38. The summed E-state index contributed by atoms with van der Waals surface area (Å²) in [7, 11) is -4.82. The number of benzene rings is 1. The maximum Gasteiger partial charge on any atom is 0.448 e. The molecule has 1 fully saturated rings. The Morgan fingerprint density at radius 2 is 1.71 bits per heavy atom. The van der Waals surface area contributed by atoms with Gasteiger partial charge in [-0.2, -0.15) is 13.1 Å². The Hall–Kier alpha value is -4.00. The highest BCUT2D eigenvalue weighted by molar-refractivity contribution is 7.88. The lowest BCUT2D eigenvalue weighted by Crippen LogP contribution is -2.81. The average molecular weight is 461 g/mol. The number of quaternary nitrogens is 1. The van der Waals surface area contributed by atoms with Gasteiger partial charge in [0.1, 0.15) is 6.54 Å². The number of primary amides is 1. The second kappa shape index (κ2) is 8.39. The van der Waals surface area contributed by atoms with Crippen LogP contribution in [-0.4, -0.2) is 65.6 Å². The molecule has 11 N–H and O–H groups in total. The lowest BCUT2D eigenvalue weighted by molar-refractivity contribution is -0.720. The van der Waals surface area contributed by atoms with E-state index >= 15 is 0 Å². The monoisotopic (exact) mass is 461 g/mol. The summed E-state index contributed by atoms with van der Waals surface area (Å²) in [5, 5.41) is 18.5. The molecule has 1 aliphatic rings. The van der Waals surface area contributed by atoms with E-state index in [0.717, 1.165) is 18.2 Å². The minimum atomic E-state index is -4.82. The van der Waals surface area contributed by atoms with Crippen LogP contribution in [0.4, 0.5) is 14.4 Å². The van der Waals surface area contributed by atoms with Crippen LogP contribution in [0.2, 0.25) is 0 Å². The predicted octanol–water partition coefficient (Wildman–Crippen LogP) is -3.74. The third-order valence-corrected chi connectivity index (χ3v) is 4.75. The number of hydrazine groups is 2. The van der Waals surface area contributed by atoms with Gasteiger partial charge in [0.25, 0.3) is 5.91 Å². The van der Waals surface area contributed by atoms with Crippen molar-refractivity contribution in [2.24, 2.45) is 11.5 Å². The van der Waals surface area contributed by atoms with Crippen molar-refractivity contribution >= 4 is 40.1 Å². The molecule has 8 amide bonds. The Balaban J connectivity index is 1.88. The number of nitrogens with one attached hydrogen (secondary N) is 5. The molecule has 1 heterocycles. The molecule has 0 bridgehead atoms. The summed E-state index contributed by atoms with van der Waals surface area (Å²) in [6, 6.07) is -2.56. The highest BCUT2D eigenvalue weighted by atomic mass is 32.2. The Morgan fingerprint density at radius 3 is 2.23 bits per heavy atom. The van der Waals surface area contributed by atoms with Gasteiger partial charge in [0.05, 0.1) is 0 Å². The summed E-state index contributed by atoms with van der Waals surface area (Å²) < 4.78 is 23.3. The fraction of sp³-hybridized carbons (Fsp3) is 0.154. The van der Waals surface area contributed by atoms with E-state index in [4.69, 9.17) is 11.5 Å². The van der Waals surface area contributed by atoms with Crippen molar-refractivity contribution in [3.05, 3.63) is 23.8 Å². The van der Waals surface area contributed by atoms with E-state index in [-0.39, 0.29) is 5.56 Å². The minimum absolute atomic E-state index is 0.165. The molecule has 17 nitrogen and oxygen atoms in total. The van der Waals surface area contributed by atoms with E-state index < -0.39 is 68.7 Å². The molecule has 18 heteroatoms. The number of nitrogens with two attached hydrogens (primary N) is 2. The zero-order chi connectivity index (χ0) is 23.6. The number of hydrogen-bond donors (Lipinski definition) is 9. The summed E-state index contributed by atoms with van der Waals surface area (Å²) in [4.78, 5) is 60.1. The van der Waals surface area contributed by atoms with Crippen molar-refractivity contribution < 1.29 is 47.1 Å². The number of hydrogen-bond acceptors (Lipinski definition) is 10. The molecule has 0 aromatic heterocycles. The Kier molecular flexibility index (Phi) is 6.30. The normalized spacial score (nSPS) is 20.2. The standard InChI is InChI=1S/C13H16N8O9S/c14-6-4-21(10(6)25,11(15)26)13(28)19-31(29,30)20-18-12(27)17-16-9(24)5-1-2-7(22)8(23)3-5/h1-3,6,20H,4,14H2,(H7-,15,16,17,18,19,22,23,24,26,27,28)/p+1/t6?,21-/m1/s1. The number of rotatable bonds is 4. The zero-order valence-electron chi connectivity index (χ0n) is 15.3. The van der Waals surface area contributed by atoms with E-state index in [1.54, 1.807) is 10.9 Å². The minimum Gasteiger partial charge on any atom is -0.504 e. The maximum atomic E-state index is 12.1. The van der Waals surface area contributed by atoms with Gasteiger partial charge in [0.15, 0.2) is 17.5 Å². The molecule has 0 saturated carbocycles. The molecule has 0 radical (unpaired) electrons. The molecule has 2 atom stereocenters. The second-order valence-corrected chi connectivity index (χ2v) is 7.44. The Bertz CT molecular complexity index is 1070. The summed E-state index contributed by atoms with van der Waals surface area (Å²) in [5.41, 5.74) is 15.3. The number of β-lactam (4-membered cyclic amide) rings is 1. The molecule has 31 heavy (non-hydrogen) atoms. The van der Waals surface area contributed by atoms with Gasteiger partial charge in [-0.15, -0.1) is 4.83 Å². The quantitative estimate of drug-likeness (QED) is 0.0914. The van der Waals surface area contributed by atoms with Gasteiger partial charge in [-0.3, -0.25) is 15.6 Å². The van der Waals surface area contributed by atoms with E-state index in [1.807, 2.05) is 5.43 Å². The number of amides is 8. The molecular formula is C13H17N8O9S+. The number of phenols is 2. The van der Waals surface area contributed by atoms with Crippen molar-refractivity contribution in [1.29, 1.82) is 0 Å². The molecule has 1 aromatic carbocycles. The van der Waals surface area contributed by atoms with Crippen LogP contribution in [0.5, 0.6) is 11.5 Å². The number of carbonyl (C=O) groups excluding carboxylic acids is 5. The largest absolute Gasteiger partial charge is 0.504 e. The molecule has 0 spiro atoms. The summed E-state index contributed by atoms with van der Waals surface area (Å²) in [6.45, 7) is -0.553. The summed E-state index contributed by atoms with van der Waals surface area (Å²) in [5.74, 6) is -3.14. The number of nitrogens with zero attached hydrogens (tertiary/aromatic N) is 1. The molecule has 1 unspecified atom stereocenters. The lowest BCUT2D eigenvalue weighted by atomic mass is 10.1. The van der Waals surface area contributed by atoms with Gasteiger partial charge in [0.2, 0.25) is 0 Å². The van der Waals surface area contributed by atoms with Crippen LogP contribution < -0.4 is 37.3 Å². The molecule has 1 aromatic rings. The molecule has 168 valence electrons. The third kappa shape index (κ3) is 4.78. The first-order valence-corrected chi connectivity index (χ1v) is 9.49. The van der Waals surface area contributed by atoms with Crippen molar-refractivity contribution in [3.63, 3.8) is 0 Å². The van der Waals surface area contributed by atoms with Crippen LogP contribution >= 0.6 is 0 Å². The Morgan fingerprint density at radius 1 is 1.06 bits per heavy atom. The first-order chi connectivity index (χ1) is 14.3. The number of urea groups is 3. The SMILES string of the molecule is NC(=O)[N@@+]1(C(=O)NS(=O)(=O)NNC(=O)NNC(=O)c2ccc(O)c(O)c2)CC(N)C1=O. The van der Waals surface area contributed by atoms with E-state index in [0.29, 0.717) is 0 Å². The molecule has 2 rings (SSSR count). The van der Waals surface area contributed by atoms with E-state index in [2.05, 4.69) is 0 Å². The van der Waals surface area contributed by atoms with Gasteiger partial charge in [-0.05, 0) is 18.2 Å². The van der Waals surface area contributed by atoms with E-state index in [1.165, 1.54) is 9.55 Å². The molecular weight excluding hydrogens is 444 g/mol. The fourth-order valence-corrected chi connectivity index (χ4v) is 2.99. The van der Waals surface area contributed by atoms with Crippen molar-refractivity contribution in [2.45, 2.75) is 6.04 Å². The van der Waals surface area contributed by atoms with Crippen LogP contribution in [0, 0.1) is 0 Å². The Labute approximate surface area is 173 Å². The van der Waals surface area contributed by atoms with Crippen molar-refractivity contribution in [3.8, 4) is 11.5 Å². The van der Waals surface area contributed by atoms with Crippen LogP contribution in [-0.2, 0) is 15.0 Å². The number of carbonyl (C=O) groups is 5. The van der Waals surface area contributed by atoms with Gasteiger partial charge in [0, 0.05) is 5.56 Å². The summed E-state index contributed by atoms with van der Waals surface area (Å²) in [6.07, 6.45) is 0. The highest BCUT2D eigenvalue weighted by Gasteiger charge is 2.64. The molecule has 1 aliphatic heterocycles. The molecule has 0 aliphatic carbocycles. The fourth-order valence-electron chi connectivity index (χ4n) is 2.33. The summed E-state index contributed by atoms with van der Waals surface area (Å²) >= 11 is 0. The van der Waals surface area contributed by atoms with Crippen molar-refractivity contribution in [2.75, 3.05) is 6.54 Å². The first kappa shape index (κ1) is 23.3. The number of likely N-dealkylation sites (tertiary alicyclic amines) is 1. The smallest absolute Gasteiger partial charge is 0.448 e. The predicted molar refractivity (Wildman–Crippen MR) is 97.2 cm³/mol. The molecule has 1 saturated heterocycles. The maximum absolute atomic E-state index is 12.1. The van der Waals surface area contributed by atoms with Gasteiger partial charge < -0.3 is 21.7 Å². The first-order valence-electron chi connectivity index (χ1n) is 8.00. The topological polar surface area (TPSA) is 272 Å². The average Bonchev–Trinajstić information content (AvgIpc) is 2.69. The second-order valence-electron chi connectivity index (χ2n) is 6.02.